The molecule has 1 amide bonds. The van der Waals surface area contributed by atoms with Gasteiger partial charge in [-0.3, -0.25) is 4.79 Å². The molecule has 1 aliphatic carbocycles. The van der Waals surface area contributed by atoms with E-state index in [0.717, 1.165) is 24.3 Å². The van der Waals surface area contributed by atoms with Gasteiger partial charge in [0.2, 0.25) is 0 Å². The molecule has 0 fully saturated rings. The SMILES string of the molecule is O=C(COc1ccc2c(c1)CCC2)NC[C@H]1COc2ccccc2O1. The Morgan fingerprint density at radius 2 is 1.96 bits per heavy atom. The predicted octanol–water partition coefficient (Wildman–Crippen LogP) is 2.51. The van der Waals surface area contributed by atoms with E-state index in [1.54, 1.807) is 0 Å². The lowest BCUT2D eigenvalue weighted by atomic mass is 10.1. The zero-order valence-corrected chi connectivity index (χ0v) is 14.0. The second kappa shape index (κ2) is 7.05. The number of rotatable bonds is 5. The molecule has 1 N–H and O–H groups in total. The van der Waals surface area contributed by atoms with Crippen LogP contribution in [0.5, 0.6) is 17.2 Å². The van der Waals surface area contributed by atoms with Gasteiger partial charge in [0.15, 0.2) is 18.1 Å². The lowest BCUT2D eigenvalue weighted by Crippen LogP contribution is -2.42. The van der Waals surface area contributed by atoms with E-state index in [2.05, 4.69) is 11.4 Å². The Morgan fingerprint density at radius 1 is 1.12 bits per heavy atom. The molecule has 1 atom stereocenters. The van der Waals surface area contributed by atoms with Gasteiger partial charge in [-0.25, -0.2) is 0 Å². The molecule has 25 heavy (non-hydrogen) atoms. The number of hydrogen-bond acceptors (Lipinski definition) is 4. The number of carbonyl (C=O) groups is 1. The molecule has 2 aliphatic rings. The third kappa shape index (κ3) is 3.71. The molecule has 0 unspecified atom stereocenters. The van der Waals surface area contributed by atoms with E-state index in [-0.39, 0.29) is 18.6 Å². The van der Waals surface area contributed by atoms with Gasteiger partial charge in [0.1, 0.15) is 18.5 Å². The number of fused-ring (bicyclic) bond motifs is 2. The zero-order chi connectivity index (χ0) is 17.1. The summed E-state index contributed by atoms with van der Waals surface area (Å²) in [5.41, 5.74) is 2.73. The Labute approximate surface area is 146 Å². The number of nitrogens with one attached hydrogen (secondary N) is 1. The maximum absolute atomic E-state index is 12.0. The van der Waals surface area contributed by atoms with Crippen molar-refractivity contribution in [1.29, 1.82) is 0 Å². The lowest BCUT2D eigenvalue weighted by Gasteiger charge is -2.26. The lowest BCUT2D eigenvalue weighted by molar-refractivity contribution is -0.123. The fourth-order valence-corrected chi connectivity index (χ4v) is 3.23. The number of para-hydroxylation sites is 2. The van der Waals surface area contributed by atoms with Crippen molar-refractivity contribution in [2.75, 3.05) is 19.8 Å². The molecule has 2 aromatic rings. The van der Waals surface area contributed by atoms with Crippen LogP contribution in [0.25, 0.3) is 0 Å². The highest BCUT2D eigenvalue weighted by Gasteiger charge is 2.21. The standard InChI is InChI=1S/C20H21NO4/c22-20(13-23-16-9-8-14-4-3-5-15(14)10-16)21-11-17-12-24-18-6-1-2-7-19(18)25-17/h1-2,6-10,17H,3-5,11-13H2,(H,21,22)/t17-/m0/s1. The van der Waals surface area contributed by atoms with Gasteiger partial charge in [-0.1, -0.05) is 18.2 Å². The monoisotopic (exact) mass is 339 g/mol. The van der Waals surface area contributed by atoms with Gasteiger partial charge in [-0.2, -0.15) is 0 Å². The minimum absolute atomic E-state index is 0.00293. The fourth-order valence-electron chi connectivity index (χ4n) is 3.23. The summed E-state index contributed by atoms with van der Waals surface area (Å²) in [6, 6.07) is 13.6. The number of benzene rings is 2. The highest BCUT2D eigenvalue weighted by Crippen LogP contribution is 2.30. The van der Waals surface area contributed by atoms with Crippen LogP contribution in [0.15, 0.2) is 42.5 Å². The first-order valence-corrected chi connectivity index (χ1v) is 8.68. The largest absolute Gasteiger partial charge is 0.486 e. The number of ether oxygens (including phenoxy) is 3. The quantitative estimate of drug-likeness (QED) is 0.909. The Hall–Kier alpha value is -2.69. The van der Waals surface area contributed by atoms with Crippen LogP contribution >= 0.6 is 0 Å². The van der Waals surface area contributed by atoms with Crippen molar-refractivity contribution < 1.29 is 19.0 Å². The molecule has 0 spiro atoms. The first-order chi connectivity index (χ1) is 12.3. The normalized spacial score (nSPS) is 17.7. The molecule has 2 aromatic carbocycles. The minimum atomic E-state index is -0.196. The van der Waals surface area contributed by atoms with Crippen LogP contribution in [-0.4, -0.2) is 31.8 Å². The van der Waals surface area contributed by atoms with Gasteiger partial charge in [-0.05, 0) is 54.7 Å². The maximum atomic E-state index is 12.0. The minimum Gasteiger partial charge on any atom is -0.486 e. The molecule has 5 nitrogen and oxygen atoms in total. The highest BCUT2D eigenvalue weighted by molar-refractivity contribution is 5.77. The number of aryl methyl sites for hydroxylation is 2. The summed E-state index contributed by atoms with van der Waals surface area (Å²) >= 11 is 0. The van der Waals surface area contributed by atoms with Crippen molar-refractivity contribution >= 4 is 5.91 Å². The molecular weight excluding hydrogens is 318 g/mol. The molecule has 4 rings (SSSR count). The van der Waals surface area contributed by atoms with Crippen molar-refractivity contribution in [3.8, 4) is 17.2 Å². The van der Waals surface area contributed by atoms with E-state index in [1.165, 1.54) is 17.5 Å². The second-order valence-electron chi connectivity index (χ2n) is 6.37. The van der Waals surface area contributed by atoms with E-state index in [9.17, 15) is 4.79 Å². The van der Waals surface area contributed by atoms with Gasteiger partial charge >= 0.3 is 0 Å². The van der Waals surface area contributed by atoms with Gasteiger partial charge in [0.25, 0.3) is 5.91 Å². The highest BCUT2D eigenvalue weighted by atomic mass is 16.6. The molecule has 0 radical (unpaired) electrons. The van der Waals surface area contributed by atoms with Gasteiger partial charge in [-0.15, -0.1) is 0 Å². The van der Waals surface area contributed by atoms with Gasteiger partial charge < -0.3 is 19.5 Å². The van der Waals surface area contributed by atoms with E-state index in [4.69, 9.17) is 14.2 Å². The summed E-state index contributed by atoms with van der Waals surface area (Å²) in [4.78, 5) is 12.0. The molecule has 1 aliphatic heterocycles. The zero-order valence-electron chi connectivity index (χ0n) is 14.0. The van der Waals surface area contributed by atoms with Crippen LogP contribution in [0.4, 0.5) is 0 Å². The Kier molecular flexibility index (Phi) is 4.46. The van der Waals surface area contributed by atoms with E-state index in [0.29, 0.717) is 18.9 Å². The van der Waals surface area contributed by atoms with Crippen LogP contribution < -0.4 is 19.5 Å². The van der Waals surface area contributed by atoms with Crippen LogP contribution in [0, 0.1) is 0 Å². The molecule has 1 heterocycles. The number of carbonyl (C=O) groups excluding carboxylic acids is 1. The summed E-state index contributed by atoms with van der Waals surface area (Å²) in [5.74, 6) is 2.04. The maximum Gasteiger partial charge on any atom is 0.258 e. The molecule has 0 saturated carbocycles. The third-order valence-corrected chi connectivity index (χ3v) is 4.53. The molecule has 130 valence electrons. The van der Waals surface area contributed by atoms with Crippen LogP contribution in [0.1, 0.15) is 17.5 Å². The van der Waals surface area contributed by atoms with E-state index < -0.39 is 0 Å². The summed E-state index contributed by atoms with van der Waals surface area (Å²) in [6.07, 6.45) is 3.24. The fraction of sp³-hybridized carbons (Fsp3) is 0.350. The van der Waals surface area contributed by atoms with E-state index in [1.807, 2.05) is 36.4 Å². The third-order valence-electron chi connectivity index (χ3n) is 4.53. The summed E-state index contributed by atoms with van der Waals surface area (Å²) in [6.45, 7) is 0.812. The Bertz CT molecular complexity index is 774. The van der Waals surface area contributed by atoms with Crippen molar-refractivity contribution in [3.63, 3.8) is 0 Å². The second-order valence-corrected chi connectivity index (χ2v) is 6.37. The smallest absolute Gasteiger partial charge is 0.258 e. The van der Waals surface area contributed by atoms with Crippen molar-refractivity contribution in [2.24, 2.45) is 0 Å². The summed E-state index contributed by atoms with van der Waals surface area (Å²) in [7, 11) is 0. The average molecular weight is 339 g/mol. The van der Waals surface area contributed by atoms with E-state index >= 15 is 0 Å². The van der Waals surface area contributed by atoms with Crippen molar-refractivity contribution in [3.05, 3.63) is 53.6 Å². The van der Waals surface area contributed by atoms with Crippen LogP contribution in [0.3, 0.4) is 0 Å². The topological polar surface area (TPSA) is 56.8 Å². The summed E-state index contributed by atoms with van der Waals surface area (Å²) < 4.78 is 17.1. The average Bonchev–Trinajstić information content (AvgIpc) is 3.12. The van der Waals surface area contributed by atoms with Crippen molar-refractivity contribution in [2.45, 2.75) is 25.4 Å². The van der Waals surface area contributed by atoms with Crippen LogP contribution in [0.2, 0.25) is 0 Å². The summed E-state index contributed by atoms with van der Waals surface area (Å²) in [5, 5.41) is 2.84. The number of amides is 1. The Morgan fingerprint density at radius 3 is 2.88 bits per heavy atom. The first kappa shape index (κ1) is 15.8. The molecule has 0 aromatic heterocycles. The van der Waals surface area contributed by atoms with Crippen molar-refractivity contribution in [1.82, 2.24) is 5.32 Å². The molecule has 5 heteroatoms. The Balaban J connectivity index is 1.23. The predicted molar refractivity (Wildman–Crippen MR) is 93.3 cm³/mol. The molecular formula is C20H21NO4. The molecule has 0 bridgehead atoms. The first-order valence-electron chi connectivity index (χ1n) is 8.68. The molecule has 0 saturated heterocycles. The number of hydrogen-bond donors (Lipinski definition) is 1. The van der Waals surface area contributed by atoms with Gasteiger partial charge in [0.05, 0.1) is 6.54 Å². The van der Waals surface area contributed by atoms with Gasteiger partial charge in [0, 0.05) is 0 Å². The van der Waals surface area contributed by atoms with Crippen LogP contribution in [-0.2, 0) is 17.6 Å².